The molecule has 1 aliphatic carbocycles. The fraction of sp³-hybridized carbons (Fsp3) is 0.433. The number of carbonyl (C=O) groups is 3. The molecule has 1 saturated carbocycles. The minimum Gasteiger partial charge on any atom is -0.491 e. The number of hydrogen-bond donors (Lipinski definition) is 1. The average molecular weight is 543 g/mol. The first-order valence-corrected chi connectivity index (χ1v) is 13.3. The molecule has 208 valence electrons. The third kappa shape index (κ3) is 5.44. The van der Waals surface area contributed by atoms with Crippen LogP contribution in [0, 0.1) is 0 Å². The summed E-state index contributed by atoms with van der Waals surface area (Å²) in [7, 11) is 0. The Hall–Kier alpha value is -3.62. The van der Waals surface area contributed by atoms with Crippen LogP contribution < -0.4 is 10.1 Å². The quantitative estimate of drug-likeness (QED) is 0.333. The minimum atomic E-state index is -5.29. The molecule has 1 N–H and O–H groups in total. The highest BCUT2D eigenvalue weighted by atomic mass is 19.4. The van der Waals surface area contributed by atoms with Gasteiger partial charge in [-0.05, 0) is 57.9 Å². The van der Waals surface area contributed by atoms with Gasteiger partial charge in [0.05, 0.1) is 11.7 Å². The first kappa shape index (κ1) is 28.4. The van der Waals surface area contributed by atoms with Gasteiger partial charge in [-0.15, -0.1) is 0 Å². The Morgan fingerprint density at radius 2 is 1.54 bits per heavy atom. The van der Waals surface area contributed by atoms with Crippen molar-refractivity contribution in [1.29, 1.82) is 0 Å². The number of rotatable bonds is 7. The number of halogens is 3. The van der Waals surface area contributed by atoms with E-state index in [9.17, 15) is 14.4 Å². The molecule has 2 amide bonds. The van der Waals surface area contributed by atoms with Crippen molar-refractivity contribution in [3.05, 3.63) is 77.0 Å². The molecule has 1 atom stereocenters. The molecule has 0 aromatic heterocycles. The summed E-state index contributed by atoms with van der Waals surface area (Å²) in [6, 6.07) is 12.6. The second kappa shape index (κ2) is 11.2. The molecule has 2 aliphatic rings. The number of ether oxygens (including phenoxy) is 1. The van der Waals surface area contributed by atoms with Gasteiger partial charge in [-0.1, -0.05) is 56.0 Å². The Morgan fingerprint density at radius 1 is 0.949 bits per heavy atom. The molecular formula is C30H33F3N2O4. The number of benzene rings is 2. The van der Waals surface area contributed by atoms with Gasteiger partial charge in [0, 0.05) is 22.9 Å². The number of carbonyl (C=O) groups excluding carboxylic acids is 3. The highest BCUT2D eigenvalue weighted by Crippen LogP contribution is 2.47. The predicted molar refractivity (Wildman–Crippen MR) is 140 cm³/mol. The van der Waals surface area contributed by atoms with Gasteiger partial charge in [-0.3, -0.25) is 14.4 Å². The molecule has 39 heavy (non-hydrogen) atoms. The van der Waals surface area contributed by atoms with Gasteiger partial charge < -0.3 is 15.0 Å². The van der Waals surface area contributed by atoms with Crippen molar-refractivity contribution in [2.45, 2.75) is 83.2 Å². The van der Waals surface area contributed by atoms with E-state index in [1.807, 2.05) is 19.2 Å². The Kier molecular flexibility index (Phi) is 8.18. The van der Waals surface area contributed by atoms with Crippen molar-refractivity contribution in [3.63, 3.8) is 0 Å². The second-order valence-electron chi connectivity index (χ2n) is 10.4. The topological polar surface area (TPSA) is 75.7 Å². The van der Waals surface area contributed by atoms with E-state index in [2.05, 4.69) is 0 Å². The number of hydrogen-bond acceptors (Lipinski definition) is 4. The molecule has 1 aliphatic heterocycles. The maximum atomic E-state index is 15.2. The van der Waals surface area contributed by atoms with Gasteiger partial charge in [0.1, 0.15) is 5.75 Å². The fourth-order valence-corrected chi connectivity index (χ4v) is 5.51. The van der Waals surface area contributed by atoms with Crippen LogP contribution in [0.1, 0.15) is 80.0 Å². The number of ketones is 1. The van der Waals surface area contributed by atoms with E-state index in [1.165, 1.54) is 55.5 Å². The molecule has 0 radical (unpaired) electrons. The molecule has 9 heteroatoms. The van der Waals surface area contributed by atoms with Gasteiger partial charge >= 0.3 is 6.18 Å². The van der Waals surface area contributed by atoms with Crippen molar-refractivity contribution >= 4 is 17.6 Å². The third-order valence-electron chi connectivity index (χ3n) is 7.31. The highest BCUT2D eigenvalue weighted by Gasteiger charge is 2.70. The van der Waals surface area contributed by atoms with Crippen LogP contribution in [0.4, 0.5) is 13.2 Å². The standard InChI is InChI=1S/C30H33F3N2O4/c1-19(2)39-24-17-15-22(16-18-24)27(37)34-29(30(31,32)33)25(26(36)21-11-7-6-8-12-21)20(3)35(28(29)38)23-13-9-4-5-10-14-23/h6-8,11-12,15-19,23H,4-5,9-10,13-14H2,1-3H3,(H,34,37)/t29-/m0/s1. The lowest BCUT2D eigenvalue weighted by Crippen LogP contribution is -2.66. The Bertz CT molecular complexity index is 1250. The molecule has 2 aromatic carbocycles. The summed E-state index contributed by atoms with van der Waals surface area (Å²) < 4.78 is 51.2. The van der Waals surface area contributed by atoms with E-state index in [-0.39, 0.29) is 22.9 Å². The van der Waals surface area contributed by atoms with Crippen molar-refractivity contribution in [2.75, 3.05) is 0 Å². The van der Waals surface area contributed by atoms with Gasteiger partial charge in [-0.2, -0.15) is 13.2 Å². The summed E-state index contributed by atoms with van der Waals surface area (Å²) in [5.41, 5.74) is -4.46. The number of alkyl halides is 3. The maximum absolute atomic E-state index is 15.2. The Balaban J connectivity index is 1.82. The highest BCUT2D eigenvalue weighted by molar-refractivity contribution is 6.19. The second-order valence-corrected chi connectivity index (χ2v) is 10.4. The largest absolute Gasteiger partial charge is 0.491 e. The number of allylic oxidation sites excluding steroid dienone is 1. The van der Waals surface area contributed by atoms with E-state index >= 15 is 13.2 Å². The number of Topliss-reactive ketones (excluding diaryl/α,β-unsaturated/α-hetero) is 1. The summed E-state index contributed by atoms with van der Waals surface area (Å²) in [4.78, 5) is 42.1. The zero-order valence-electron chi connectivity index (χ0n) is 22.3. The van der Waals surface area contributed by atoms with Crippen LogP contribution in [-0.2, 0) is 4.79 Å². The lowest BCUT2D eigenvalue weighted by Gasteiger charge is -2.35. The molecular weight excluding hydrogens is 509 g/mol. The zero-order chi connectivity index (χ0) is 28.4. The van der Waals surface area contributed by atoms with Crippen LogP contribution >= 0.6 is 0 Å². The predicted octanol–water partition coefficient (Wildman–Crippen LogP) is 6.23. The third-order valence-corrected chi connectivity index (χ3v) is 7.31. The van der Waals surface area contributed by atoms with Gasteiger partial charge in [-0.25, -0.2) is 0 Å². The molecule has 0 saturated heterocycles. The summed E-state index contributed by atoms with van der Waals surface area (Å²) >= 11 is 0. The average Bonchev–Trinajstić information content (AvgIpc) is 3.05. The van der Waals surface area contributed by atoms with E-state index < -0.39 is 40.9 Å². The van der Waals surface area contributed by atoms with Crippen molar-refractivity contribution in [1.82, 2.24) is 10.2 Å². The van der Waals surface area contributed by atoms with Crippen LogP contribution in [0.25, 0.3) is 0 Å². The molecule has 0 bridgehead atoms. The Labute approximate surface area is 226 Å². The number of nitrogens with one attached hydrogen (secondary N) is 1. The fourth-order valence-electron chi connectivity index (χ4n) is 5.51. The summed E-state index contributed by atoms with van der Waals surface area (Å²) in [5.74, 6) is -2.97. The molecule has 0 unspecified atom stereocenters. The molecule has 2 aromatic rings. The first-order chi connectivity index (χ1) is 18.5. The summed E-state index contributed by atoms with van der Waals surface area (Å²) in [6.45, 7) is 5.01. The number of nitrogens with zero attached hydrogens (tertiary/aromatic N) is 1. The first-order valence-electron chi connectivity index (χ1n) is 13.3. The van der Waals surface area contributed by atoms with Gasteiger partial charge in [0.15, 0.2) is 5.78 Å². The van der Waals surface area contributed by atoms with Crippen LogP contribution in [0.5, 0.6) is 5.75 Å². The minimum absolute atomic E-state index is 0.000396. The monoisotopic (exact) mass is 542 g/mol. The van der Waals surface area contributed by atoms with Crippen LogP contribution in [0.2, 0.25) is 0 Å². The zero-order valence-corrected chi connectivity index (χ0v) is 22.3. The van der Waals surface area contributed by atoms with E-state index in [0.29, 0.717) is 18.6 Å². The molecule has 1 heterocycles. The molecule has 0 spiro atoms. The summed E-state index contributed by atoms with van der Waals surface area (Å²) in [5, 5.41) is 2.00. The molecule has 4 rings (SSSR count). The lowest BCUT2D eigenvalue weighted by molar-refractivity contribution is -0.190. The maximum Gasteiger partial charge on any atom is 0.425 e. The van der Waals surface area contributed by atoms with Crippen molar-refractivity contribution in [3.8, 4) is 5.75 Å². The van der Waals surface area contributed by atoms with Crippen LogP contribution in [-0.4, -0.2) is 46.4 Å². The van der Waals surface area contributed by atoms with Crippen molar-refractivity contribution < 1.29 is 32.3 Å². The summed E-state index contributed by atoms with van der Waals surface area (Å²) in [6.07, 6.45) is -1.00. The molecule has 6 nitrogen and oxygen atoms in total. The number of amides is 2. The van der Waals surface area contributed by atoms with Gasteiger partial charge in [0.2, 0.25) is 5.54 Å². The normalized spacial score (nSPS) is 20.8. The smallest absolute Gasteiger partial charge is 0.425 e. The van der Waals surface area contributed by atoms with E-state index in [4.69, 9.17) is 4.74 Å². The van der Waals surface area contributed by atoms with Gasteiger partial charge in [0.25, 0.3) is 11.8 Å². The van der Waals surface area contributed by atoms with E-state index in [1.54, 1.807) is 6.07 Å². The Morgan fingerprint density at radius 3 is 2.08 bits per heavy atom. The van der Waals surface area contributed by atoms with Crippen molar-refractivity contribution in [2.24, 2.45) is 0 Å². The molecule has 1 fully saturated rings. The van der Waals surface area contributed by atoms with E-state index in [0.717, 1.165) is 30.6 Å². The SMILES string of the molecule is CC1=C(C(=O)c2ccccc2)[C@@](NC(=O)c2ccc(OC(C)C)cc2)(C(F)(F)F)C(=O)N1C1CCCCCC1. The lowest BCUT2D eigenvalue weighted by atomic mass is 9.84. The van der Waals surface area contributed by atoms with Crippen LogP contribution in [0.3, 0.4) is 0 Å². The van der Waals surface area contributed by atoms with Crippen LogP contribution in [0.15, 0.2) is 65.9 Å².